The van der Waals surface area contributed by atoms with Gasteiger partial charge in [0.15, 0.2) is 5.82 Å². The fourth-order valence-corrected chi connectivity index (χ4v) is 8.23. The quantitative estimate of drug-likeness (QED) is 0.180. The lowest BCUT2D eigenvalue weighted by Crippen LogP contribution is -1.98. The van der Waals surface area contributed by atoms with Crippen molar-refractivity contribution in [3.63, 3.8) is 0 Å². The molecule has 0 radical (unpaired) electrons. The Bertz CT molecular complexity index is 3200. The van der Waals surface area contributed by atoms with Crippen LogP contribution in [0.3, 0.4) is 0 Å². The van der Waals surface area contributed by atoms with Crippen LogP contribution in [-0.2, 0) is 0 Å². The summed E-state index contributed by atoms with van der Waals surface area (Å²) in [4.78, 5) is 10.2. The van der Waals surface area contributed by atoms with Crippen molar-refractivity contribution >= 4 is 54.5 Å². The van der Waals surface area contributed by atoms with Crippen LogP contribution in [-0.4, -0.2) is 19.1 Å². The van der Waals surface area contributed by atoms with Crippen molar-refractivity contribution in [1.82, 2.24) is 19.1 Å². The molecule has 0 N–H and O–H groups in total. The van der Waals surface area contributed by atoms with Gasteiger partial charge in [-0.1, -0.05) is 127 Å². The van der Waals surface area contributed by atoms with Gasteiger partial charge in [0.05, 0.1) is 33.3 Å². The van der Waals surface area contributed by atoms with E-state index in [-0.39, 0.29) is 0 Å². The van der Waals surface area contributed by atoms with Gasteiger partial charge in [0, 0.05) is 49.4 Å². The topological polar surface area (TPSA) is 35.6 Å². The van der Waals surface area contributed by atoms with Gasteiger partial charge in [-0.2, -0.15) is 0 Å². The summed E-state index contributed by atoms with van der Waals surface area (Å²) in [6.45, 7) is 0. The van der Waals surface area contributed by atoms with Gasteiger partial charge in [-0.3, -0.25) is 0 Å². The van der Waals surface area contributed by atoms with E-state index in [2.05, 4.69) is 179 Å². The van der Waals surface area contributed by atoms with E-state index in [1.165, 1.54) is 49.4 Å². The molecule has 4 heteroatoms. The van der Waals surface area contributed by atoms with Crippen molar-refractivity contribution in [3.05, 3.63) is 194 Å². The summed E-state index contributed by atoms with van der Waals surface area (Å²) < 4.78 is 4.75. The Labute approximate surface area is 311 Å². The number of aromatic nitrogens is 4. The predicted molar refractivity (Wildman–Crippen MR) is 225 cm³/mol. The minimum atomic E-state index is 0.724. The molecule has 11 aromatic rings. The largest absolute Gasteiger partial charge is 0.309 e. The molecule has 0 unspecified atom stereocenters. The number of nitrogens with zero attached hydrogens (tertiary/aromatic N) is 4. The molecule has 252 valence electrons. The van der Waals surface area contributed by atoms with Crippen molar-refractivity contribution in [1.29, 1.82) is 0 Å². The van der Waals surface area contributed by atoms with E-state index < -0.39 is 0 Å². The predicted octanol–water partition coefficient (Wildman–Crippen LogP) is 12.8. The first kappa shape index (κ1) is 30.3. The van der Waals surface area contributed by atoms with Gasteiger partial charge in [-0.15, -0.1) is 0 Å². The molecular formula is C50H32N4. The number of fused-ring (bicyclic) bond motifs is 7. The van der Waals surface area contributed by atoms with Gasteiger partial charge in [-0.25, -0.2) is 9.97 Å². The van der Waals surface area contributed by atoms with E-state index in [1.807, 2.05) is 24.3 Å². The summed E-state index contributed by atoms with van der Waals surface area (Å²) in [7, 11) is 0. The molecule has 4 nitrogen and oxygen atoms in total. The molecular weight excluding hydrogens is 657 g/mol. The van der Waals surface area contributed by atoms with Crippen LogP contribution >= 0.6 is 0 Å². The van der Waals surface area contributed by atoms with Crippen molar-refractivity contribution in [2.75, 3.05) is 0 Å². The second kappa shape index (κ2) is 12.1. The van der Waals surface area contributed by atoms with Crippen molar-refractivity contribution < 1.29 is 0 Å². The first-order valence-electron chi connectivity index (χ1n) is 18.3. The van der Waals surface area contributed by atoms with E-state index in [4.69, 9.17) is 9.97 Å². The fourth-order valence-electron chi connectivity index (χ4n) is 8.23. The monoisotopic (exact) mass is 688 g/mol. The molecule has 3 heterocycles. The smallest absolute Gasteiger partial charge is 0.160 e. The lowest BCUT2D eigenvalue weighted by atomic mass is 10.0. The SMILES string of the molecule is c1ccc(-c2nc(-c3ccccc3)c3cc(-n4c5ccccc5c5cc(-c6ccc7c(c6)c6ccccc6n7-c6ccccc6)ccc54)ccc3n2)cc1. The van der Waals surface area contributed by atoms with Gasteiger partial charge in [-0.05, 0) is 77.9 Å². The zero-order valence-electron chi connectivity index (χ0n) is 29.3. The third-order valence-electron chi connectivity index (χ3n) is 10.7. The average molecular weight is 689 g/mol. The van der Waals surface area contributed by atoms with E-state index in [1.54, 1.807) is 0 Å². The summed E-state index contributed by atoms with van der Waals surface area (Å²) in [5.41, 5.74) is 13.3. The average Bonchev–Trinajstić information content (AvgIpc) is 3.76. The van der Waals surface area contributed by atoms with Gasteiger partial charge < -0.3 is 9.13 Å². The molecule has 0 spiro atoms. The summed E-state index contributed by atoms with van der Waals surface area (Å²) in [5.74, 6) is 0.724. The Morgan fingerprint density at radius 1 is 0.296 bits per heavy atom. The lowest BCUT2D eigenvalue weighted by molar-refractivity contribution is 1.18. The molecule has 8 aromatic carbocycles. The molecule has 0 amide bonds. The Morgan fingerprint density at radius 2 is 0.796 bits per heavy atom. The zero-order valence-corrected chi connectivity index (χ0v) is 29.3. The molecule has 0 fully saturated rings. The van der Waals surface area contributed by atoms with Crippen molar-refractivity contribution in [2.45, 2.75) is 0 Å². The van der Waals surface area contributed by atoms with Crippen LogP contribution in [0.2, 0.25) is 0 Å². The Morgan fingerprint density at radius 3 is 1.41 bits per heavy atom. The Hall–Kier alpha value is -7.30. The van der Waals surface area contributed by atoms with Crippen LogP contribution < -0.4 is 0 Å². The Balaban J connectivity index is 1.09. The van der Waals surface area contributed by atoms with Crippen LogP contribution in [0, 0.1) is 0 Å². The number of para-hydroxylation sites is 3. The Kier molecular flexibility index (Phi) is 6.82. The highest BCUT2D eigenvalue weighted by Crippen LogP contribution is 2.39. The normalized spacial score (nSPS) is 11.7. The van der Waals surface area contributed by atoms with Crippen molar-refractivity contribution in [2.24, 2.45) is 0 Å². The third-order valence-corrected chi connectivity index (χ3v) is 10.7. The first-order chi connectivity index (χ1) is 26.8. The summed E-state index contributed by atoms with van der Waals surface area (Å²) in [5, 5.41) is 5.95. The van der Waals surface area contributed by atoms with E-state index in [0.29, 0.717) is 0 Å². The van der Waals surface area contributed by atoms with Crippen LogP contribution in [0.25, 0.3) is 99.7 Å². The molecule has 0 saturated heterocycles. The van der Waals surface area contributed by atoms with Gasteiger partial charge >= 0.3 is 0 Å². The van der Waals surface area contributed by atoms with Crippen molar-refractivity contribution in [3.8, 4) is 45.1 Å². The standard InChI is InChI=1S/C50H32N4/c1-4-14-33(15-5-1)49-43-32-38(26-27-44(43)51-50(52-49)34-16-6-2-7-17-34)54-46-23-13-11-21-40(46)42-31-36(25-29-48(42)54)35-24-28-47-41(30-35)39-20-10-12-22-45(39)53(47)37-18-8-3-9-19-37/h1-32H. The number of hydrogen-bond donors (Lipinski definition) is 0. The van der Waals surface area contributed by atoms with E-state index >= 15 is 0 Å². The molecule has 0 saturated carbocycles. The van der Waals surface area contributed by atoms with E-state index in [9.17, 15) is 0 Å². The lowest BCUT2D eigenvalue weighted by Gasteiger charge is -2.13. The van der Waals surface area contributed by atoms with Gasteiger partial charge in [0.25, 0.3) is 0 Å². The number of rotatable bonds is 5. The van der Waals surface area contributed by atoms with Gasteiger partial charge in [0.1, 0.15) is 0 Å². The third kappa shape index (κ3) is 4.78. The number of benzene rings is 8. The van der Waals surface area contributed by atoms with E-state index in [0.717, 1.165) is 50.3 Å². The molecule has 0 aliphatic carbocycles. The molecule has 0 bridgehead atoms. The molecule has 0 aliphatic rings. The van der Waals surface area contributed by atoms with Crippen LogP contribution in [0.5, 0.6) is 0 Å². The van der Waals surface area contributed by atoms with Crippen LogP contribution in [0.1, 0.15) is 0 Å². The highest BCUT2D eigenvalue weighted by Gasteiger charge is 2.18. The van der Waals surface area contributed by atoms with Crippen LogP contribution in [0.4, 0.5) is 0 Å². The molecule has 0 aliphatic heterocycles. The maximum absolute atomic E-state index is 5.17. The van der Waals surface area contributed by atoms with Crippen LogP contribution in [0.15, 0.2) is 194 Å². The molecule has 0 atom stereocenters. The van der Waals surface area contributed by atoms with Gasteiger partial charge in [0.2, 0.25) is 0 Å². The first-order valence-corrected chi connectivity index (χ1v) is 18.3. The molecule has 11 rings (SSSR count). The highest BCUT2D eigenvalue weighted by molar-refractivity contribution is 6.13. The summed E-state index contributed by atoms with van der Waals surface area (Å²) >= 11 is 0. The second-order valence-corrected chi connectivity index (χ2v) is 13.8. The zero-order chi connectivity index (χ0) is 35.6. The number of hydrogen-bond acceptors (Lipinski definition) is 2. The summed E-state index contributed by atoms with van der Waals surface area (Å²) in [6, 6.07) is 69.1. The highest BCUT2D eigenvalue weighted by atomic mass is 15.0. The maximum Gasteiger partial charge on any atom is 0.160 e. The minimum Gasteiger partial charge on any atom is -0.309 e. The summed E-state index contributed by atoms with van der Waals surface area (Å²) in [6.07, 6.45) is 0. The molecule has 3 aromatic heterocycles. The maximum atomic E-state index is 5.17. The second-order valence-electron chi connectivity index (χ2n) is 13.8. The minimum absolute atomic E-state index is 0.724. The molecule has 54 heavy (non-hydrogen) atoms. The fraction of sp³-hybridized carbons (Fsp3) is 0.